The molecule has 5 aliphatic carbocycles. The quantitative estimate of drug-likeness (QED) is 0.166. The average Bonchev–Trinajstić information content (AvgIpc) is 1.56. The Balaban J connectivity index is 0.752. The zero-order valence-electron chi connectivity index (χ0n) is 53.7. The Kier molecular flexibility index (Phi) is 10.9. The summed E-state index contributed by atoms with van der Waals surface area (Å²) in [5.41, 5.74) is 31.3. The molecule has 5 heteroatoms. The third-order valence-corrected chi connectivity index (χ3v) is 22.6. The Morgan fingerprint density at radius 1 is 0.404 bits per heavy atom. The lowest BCUT2D eigenvalue weighted by Gasteiger charge is -2.23. The molecule has 11 aromatic carbocycles. The summed E-state index contributed by atoms with van der Waals surface area (Å²) in [5, 5.41) is 9.83. The molecule has 0 N–H and O–H groups in total. The van der Waals surface area contributed by atoms with E-state index >= 15 is 0 Å². The first-order valence-corrected chi connectivity index (χ1v) is 33.6. The summed E-state index contributed by atoms with van der Waals surface area (Å²) >= 11 is 0. The van der Waals surface area contributed by atoms with E-state index in [1.807, 2.05) is 0 Å². The molecule has 5 aliphatic rings. The Morgan fingerprint density at radius 2 is 0.915 bits per heavy atom. The molecule has 0 saturated carbocycles. The van der Waals surface area contributed by atoms with Crippen molar-refractivity contribution >= 4 is 83.1 Å². The van der Waals surface area contributed by atoms with Gasteiger partial charge in [0.15, 0.2) is 5.82 Å². The van der Waals surface area contributed by atoms with Crippen LogP contribution in [0.15, 0.2) is 248 Å². The summed E-state index contributed by atoms with van der Waals surface area (Å²) in [5.74, 6) is 0.779. The molecule has 1 unspecified atom stereocenters. The van der Waals surface area contributed by atoms with Crippen LogP contribution in [0.5, 0.6) is 0 Å². The number of rotatable bonds is 6. The number of nitrogens with zero attached hydrogens (tertiary/aromatic N) is 5. The summed E-state index contributed by atoms with van der Waals surface area (Å²) in [7, 11) is 0. The van der Waals surface area contributed by atoms with Gasteiger partial charge in [-0.3, -0.25) is 0 Å². The first kappa shape index (κ1) is 53.8. The van der Waals surface area contributed by atoms with Gasteiger partial charge in [-0.25, -0.2) is 9.97 Å². The van der Waals surface area contributed by atoms with Gasteiger partial charge < -0.3 is 13.7 Å². The molecule has 0 radical (unpaired) electrons. The van der Waals surface area contributed by atoms with Crippen LogP contribution in [-0.2, 0) is 16.2 Å². The molecule has 20 rings (SSSR count). The van der Waals surface area contributed by atoms with Crippen LogP contribution >= 0.6 is 0 Å². The lowest BCUT2D eigenvalue weighted by atomic mass is 9.80. The Hall–Kier alpha value is -10.9. The van der Waals surface area contributed by atoms with Crippen molar-refractivity contribution in [1.82, 2.24) is 23.7 Å². The Morgan fingerprint density at radius 3 is 1.51 bits per heavy atom. The van der Waals surface area contributed by atoms with Gasteiger partial charge >= 0.3 is 0 Å². The van der Waals surface area contributed by atoms with E-state index in [0.29, 0.717) is 5.82 Å². The van der Waals surface area contributed by atoms with Crippen LogP contribution in [0.1, 0.15) is 106 Å². The van der Waals surface area contributed by atoms with Crippen molar-refractivity contribution in [2.45, 2.75) is 83.0 Å². The standard InChI is InChI=1S/C89H67N5/c1-87(2)66-31-13-7-25-59(66)79-69(87)42-46-76-82(79)62-28-10-16-34-73(62)92(76)56-40-37-52(38-41-56)85-65-51-54(53-21-19-23-57(49-53)93-74-35-17-11-29-63(74)83-77(93)47-43-70-80(83)60-26-8-14-32-67(60)88(70,3)4)39-45-72(65)90-86(91-85)55-22-20-24-58(50-55)94-75-36-18-12-30-64(75)84-78(94)48-44-71-81(84)61-27-9-15-33-68(61)89(71,5)6/h7-8,10-26,28-38,40-51,54H,9,27,39H2,1-6H3. The van der Waals surface area contributed by atoms with Gasteiger partial charge in [-0.15, -0.1) is 0 Å². The first-order chi connectivity index (χ1) is 45.9. The lowest BCUT2D eigenvalue weighted by molar-refractivity contribution is 0.652. The van der Waals surface area contributed by atoms with Gasteiger partial charge in [0.25, 0.3) is 0 Å². The topological polar surface area (TPSA) is 40.6 Å². The van der Waals surface area contributed by atoms with Gasteiger partial charge in [-0.05, 0) is 164 Å². The van der Waals surface area contributed by atoms with E-state index in [1.165, 1.54) is 138 Å². The fourth-order valence-corrected chi connectivity index (χ4v) is 18.2. The van der Waals surface area contributed by atoms with Crippen LogP contribution in [0.3, 0.4) is 0 Å². The maximum Gasteiger partial charge on any atom is 0.160 e. The minimum atomic E-state index is -0.103. The van der Waals surface area contributed by atoms with Crippen molar-refractivity contribution in [3.63, 3.8) is 0 Å². The van der Waals surface area contributed by atoms with E-state index in [2.05, 4.69) is 310 Å². The van der Waals surface area contributed by atoms with E-state index in [0.717, 1.165) is 63.7 Å². The average molecular weight is 1210 g/mol. The van der Waals surface area contributed by atoms with Crippen molar-refractivity contribution in [3.8, 4) is 62.0 Å². The zero-order chi connectivity index (χ0) is 62.7. The molecule has 0 amide bonds. The van der Waals surface area contributed by atoms with Crippen molar-refractivity contribution in [2.75, 3.05) is 0 Å². The SMILES string of the molecule is CC1(C)C2=C(CCC=C2)c2c1ccc1c2c2ccccc2n1-c1cccc(-c2nc(-c3ccc(-n4c5ccccc5c5c6c(ccc54)C(C)(C)c4ccccc4-6)cc3)c3c(n2)=CCC(c2cccc(-n4c5ccccc5c5c6c(ccc54)C(C)(C)c4ccccc4-6)c2)C=3)c1. The van der Waals surface area contributed by atoms with Gasteiger partial charge in [-0.2, -0.15) is 0 Å². The van der Waals surface area contributed by atoms with E-state index in [-0.39, 0.29) is 22.2 Å². The Bertz CT molecular complexity index is 6110. The molecule has 0 aliphatic heterocycles. The van der Waals surface area contributed by atoms with Crippen molar-refractivity contribution in [1.29, 1.82) is 0 Å². The number of hydrogen-bond acceptors (Lipinski definition) is 2. The highest BCUT2D eigenvalue weighted by atomic mass is 15.0. The third kappa shape index (κ3) is 7.19. The fraction of sp³-hybridized carbons (Fsp3) is 0.146. The van der Waals surface area contributed by atoms with Crippen molar-refractivity contribution < 1.29 is 0 Å². The third-order valence-electron chi connectivity index (χ3n) is 22.6. The molecular weight excluding hydrogens is 1140 g/mol. The van der Waals surface area contributed by atoms with Crippen molar-refractivity contribution in [2.24, 2.45) is 0 Å². The largest absolute Gasteiger partial charge is 0.309 e. The maximum atomic E-state index is 5.76. The highest BCUT2D eigenvalue weighted by Crippen LogP contribution is 2.57. The van der Waals surface area contributed by atoms with Crippen LogP contribution in [0.25, 0.3) is 145 Å². The van der Waals surface area contributed by atoms with Crippen LogP contribution in [-0.4, -0.2) is 23.7 Å². The first-order valence-electron chi connectivity index (χ1n) is 33.6. The zero-order valence-corrected chi connectivity index (χ0v) is 53.7. The van der Waals surface area contributed by atoms with E-state index in [9.17, 15) is 0 Å². The van der Waals surface area contributed by atoms with E-state index in [4.69, 9.17) is 9.97 Å². The number of benzene rings is 11. The highest BCUT2D eigenvalue weighted by Gasteiger charge is 2.41. The molecule has 94 heavy (non-hydrogen) atoms. The number of fused-ring (bicyclic) bond motifs is 21. The summed E-state index contributed by atoms with van der Waals surface area (Å²) in [6.45, 7) is 14.3. The molecule has 15 aromatic rings. The molecule has 4 aromatic heterocycles. The predicted molar refractivity (Wildman–Crippen MR) is 391 cm³/mol. The van der Waals surface area contributed by atoms with Crippen LogP contribution in [0.4, 0.5) is 0 Å². The van der Waals surface area contributed by atoms with E-state index in [1.54, 1.807) is 0 Å². The number of para-hydroxylation sites is 3. The maximum absolute atomic E-state index is 5.76. The monoisotopic (exact) mass is 1210 g/mol. The number of hydrogen-bond donors (Lipinski definition) is 0. The summed E-state index contributed by atoms with van der Waals surface area (Å²) in [6, 6.07) is 86.7. The predicted octanol–water partition coefficient (Wildman–Crippen LogP) is 20.9. The minimum Gasteiger partial charge on any atom is -0.309 e. The molecule has 448 valence electrons. The summed E-state index contributed by atoms with van der Waals surface area (Å²) in [6.07, 6.45) is 12.5. The van der Waals surface area contributed by atoms with Gasteiger partial charge in [0.1, 0.15) is 0 Å². The summed E-state index contributed by atoms with van der Waals surface area (Å²) in [4.78, 5) is 11.4. The Labute approximate surface area is 546 Å². The number of allylic oxidation sites excluding steroid dienone is 4. The molecule has 4 heterocycles. The normalized spacial score (nSPS) is 16.7. The number of aromatic nitrogens is 5. The van der Waals surface area contributed by atoms with E-state index < -0.39 is 0 Å². The lowest BCUT2D eigenvalue weighted by Crippen LogP contribution is -2.35. The van der Waals surface area contributed by atoms with Gasteiger partial charge in [-0.1, -0.05) is 224 Å². The van der Waals surface area contributed by atoms with Crippen LogP contribution < -0.4 is 10.6 Å². The molecule has 0 fully saturated rings. The highest BCUT2D eigenvalue weighted by molar-refractivity contribution is 6.20. The fourth-order valence-electron chi connectivity index (χ4n) is 18.2. The van der Waals surface area contributed by atoms with Gasteiger partial charge in [0.05, 0.1) is 44.1 Å². The smallest absolute Gasteiger partial charge is 0.160 e. The van der Waals surface area contributed by atoms with Gasteiger partial charge in [0.2, 0.25) is 0 Å². The molecule has 0 spiro atoms. The second kappa shape index (κ2) is 19.1. The molecule has 5 nitrogen and oxygen atoms in total. The molecule has 0 saturated heterocycles. The van der Waals surface area contributed by atoms with Crippen molar-refractivity contribution in [3.05, 3.63) is 298 Å². The molecule has 1 atom stereocenters. The van der Waals surface area contributed by atoms with Gasteiger partial charge in [0, 0.05) is 87.9 Å². The summed E-state index contributed by atoms with van der Waals surface area (Å²) < 4.78 is 7.44. The molecule has 0 bridgehead atoms. The van der Waals surface area contributed by atoms with Crippen LogP contribution in [0, 0.1) is 0 Å². The second-order valence-electron chi connectivity index (χ2n) is 28.6. The second-order valence-corrected chi connectivity index (χ2v) is 28.6. The minimum absolute atomic E-state index is 0.0601. The van der Waals surface area contributed by atoms with Crippen LogP contribution in [0.2, 0.25) is 0 Å². The molecular formula is C89H67N5.